The second kappa shape index (κ2) is 4.33. The Morgan fingerprint density at radius 1 is 1.61 bits per heavy atom. The third-order valence-electron chi connectivity index (χ3n) is 3.65. The van der Waals surface area contributed by atoms with Crippen molar-refractivity contribution in [3.63, 3.8) is 0 Å². The number of hydrogen-bond donors (Lipinski definition) is 1. The van der Waals surface area contributed by atoms with Gasteiger partial charge >= 0.3 is 5.97 Å². The Morgan fingerprint density at radius 3 is 2.78 bits per heavy atom. The zero-order chi connectivity index (χ0) is 13.4. The maximum Gasteiger partial charge on any atom is 0.308 e. The fourth-order valence-corrected chi connectivity index (χ4v) is 2.68. The van der Waals surface area contributed by atoms with Crippen LogP contribution in [0.3, 0.4) is 0 Å². The van der Waals surface area contributed by atoms with Gasteiger partial charge in [-0.25, -0.2) is 0 Å². The number of rotatable bonds is 2. The summed E-state index contributed by atoms with van der Waals surface area (Å²) in [4.78, 5) is 13.1. The summed E-state index contributed by atoms with van der Waals surface area (Å²) >= 11 is 0. The Balaban J connectivity index is 2.40. The maximum atomic E-state index is 11.1. The lowest BCUT2D eigenvalue weighted by atomic mass is 10.0. The van der Waals surface area contributed by atoms with Gasteiger partial charge in [-0.2, -0.15) is 10.4 Å². The van der Waals surface area contributed by atoms with E-state index in [2.05, 4.69) is 11.2 Å². The summed E-state index contributed by atoms with van der Waals surface area (Å²) in [5.41, 5.74) is 1.22. The van der Waals surface area contributed by atoms with Gasteiger partial charge in [-0.05, 0) is 20.3 Å². The number of carboxylic acid groups (broad SMARTS) is 1. The van der Waals surface area contributed by atoms with Crippen molar-refractivity contribution in [3.8, 4) is 6.07 Å². The van der Waals surface area contributed by atoms with Gasteiger partial charge in [-0.15, -0.1) is 0 Å². The van der Waals surface area contributed by atoms with Gasteiger partial charge in [-0.3, -0.25) is 9.48 Å². The molecule has 6 heteroatoms. The van der Waals surface area contributed by atoms with E-state index >= 15 is 0 Å². The molecule has 0 spiro atoms. The highest BCUT2D eigenvalue weighted by Crippen LogP contribution is 2.32. The lowest BCUT2D eigenvalue weighted by Gasteiger charge is -2.25. The molecule has 1 aromatic heterocycles. The molecule has 1 aliphatic rings. The van der Waals surface area contributed by atoms with Gasteiger partial charge in [0.1, 0.15) is 17.5 Å². The average Bonchev–Trinajstić information content (AvgIpc) is 2.78. The molecule has 1 fully saturated rings. The van der Waals surface area contributed by atoms with E-state index in [0.29, 0.717) is 24.2 Å². The van der Waals surface area contributed by atoms with Gasteiger partial charge in [-0.1, -0.05) is 0 Å². The number of hydrogen-bond acceptors (Lipinski definition) is 4. The van der Waals surface area contributed by atoms with Crippen LogP contribution in [0.15, 0.2) is 0 Å². The quantitative estimate of drug-likeness (QED) is 0.840. The first-order valence-corrected chi connectivity index (χ1v) is 5.90. The second-order valence-electron chi connectivity index (χ2n) is 4.69. The predicted molar refractivity (Wildman–Crippen MR) is 65.2 cm³/mol. The number of nitrogens with zero attached hydrogens (tertiary/aromatic N) is 4. The molecule has 2 rings (SSSR count). The van der Waals surface area contributed by atoms with Crippen LogP contribution in [0.25, 0.3) is 0 Å². The molecule has 18 heavy (non-hydrogen) atoms. The molecule has 1 saturated heterocycles. The lowest BCUT2D eigenvalue weighted by Crippen LogP contribution is -2.34. The minimum atomic E-state index is -0.776. The summed E-state index contributed by atoms with van der Waals surface area (Å²) in [5, 5.41) is 22.6. The van der Waals surface area contributed by atoms with Crippen molar-refractivity contribution in [2.45, 2.75) is 26.3 Å². The highest BCUT2D eigenvalue weighted by molar-refractivity contribution is 5.73. The molecule has 96 valence electrons. The summed E-state index contributed by atoms with van der Waals surface area (Å²) in [6.45, 7) is 4.32. The number of nitriles is 1. The number of aryl methyl sites for hydroxylation is 2. The SMILES string of the molecule is Cc1nn(C)c(N2CCC(C(=O)O)C2C)c1C#N. The van der Waals surface area contributed by atoms with Gasteiger partial charge in [0.25, 0.3) is 0 Å². The molecule has 2 unspecified atom stereocenters. The van der Waals surface area contributed by atoms with E-state index in [9.17, 15) is 10.1 Å². The Morgan fingerprint density at radius 2 is 2.28 bits per heavy atom. The topological polar surface area (TPSA) is 82.2 Å². The first-order chi connectivity index (χ1) is 8.47. The number of carbonyl (C=O) groups is 1. The molecule has 0 bridgehead atoms. The Kier molecular flexibility index (Phi) is 2.99. The first kappa shape index (κ1) is 12.4. The summed E-state index contributed by atoms with van der Waals surface area (Å²) in [6, 6.07) is 2.03. The van der Waals surface area contributed by atoms with Crippen molar-refractivity contribution in [3.05, 3.63) is 11.3 Å². The van der Waals surface area contributed by atoms with Crippen LogP contribution in [0.2, 0.25) is 0 Å². The van der Waals surface area contributed by atoms with Crippen molar-refractivity contribution < 1.29 is 9.90 Å². The van der Waals surface area contributed by atoms with Crippen LogP contribution in [-0.2, 0) is 11.8 Å². The molecule has 2 heterocycles. The zero-order valence-corrected chi connectivity index (χ0v) is 10.7. The Labute approximate surface area is 105 Å². The van der Waals surface area contributed by atoms with Crippen molar-refractivity contribution in [2.75, 3.05) is 11.4 Å². The van der Waals surface area contributed by atoms with E-state index < -0.39 is 5.97 Å². The maximum absolute atomic E-state index is 11.1. The minimum absolute atomic E-state index is 0.121. The molecule has 0 amide bonds. The highest BCUT2D eigenvalue weighted by atomic mass is 16.4. The van der Waals surface area contributed by atoms with E-state index in [1.165, 1.54) is 0 Å². The van der Waals surface area contributed by atoms with Crippen LogP contribution >= 0.6 is 0 Å². The molecular formula is C12H16N4O2. The molecule has 2 atom stereocenters. The molecule has 0 aliphatic carbocycles. The standard InChI is InChI=1S/C12H16N4O2/c1-7-10(6-13)11(15(3)14-7)16-5-4-9(8(16)2)12(17)18/h8-9H,4-5H2,1-3H3,(H,17,18). The van der Waals surface area contributed by atoms with Gasteiger partial charge in [0.2, 0.25) is 0 Å². The second-order valence-corrected chi connectivity index (χ2v) is 4.69. The normalized spacial score (nSPS) is 23.1. The molecular weight excluding hydrogens is 232 g/mol. The van der Waals surface area contributed by atoms with Crippen molar-refractivity contribution >= 4 is 11.8 Å². The smallest absolute Gasteiger partial charge is 0.308 e. The van der Waals surface area contributed by atoms with Crippen LogP contribution in [0.5, 0.6) is 0 Å². The zero-order valence-electron chi connectivity index (χ0n) is 10.7. The van der Waals surface area contributed by atoms with Crippen LogP contribution in [0.4, 0.5) is 5.82 Å². The summed E-state index contributed by atoms with van der Waals surface area (Å²) in [6.07, 6.45) is 0.603. The van der Waals surface area contributed by atoms with Gasteiger partial charge in [0.15, 0.2) is 0 Å². The minimum Gasteiger partial charge on any atom is -0.481 e. The van der Waals surface area contributed by atoms with Gasteiger partial charge in [0, 0.05) is 19.6 Å². The van der Waals surface area contributed by atoms with Crippen LogP contribution in [-0.4, -0.2) is 33.4 Å². The van der Waals surface area contributed by atoms with Crippen molar-refractivity contribution in [1.82, 2.24) is 9.78 Å². The number of aromatic nitrogens is 2. The average molecular weight is 248 g/mol. The summed E-state index contributed by atoms with van der Waals surface area (Å²) in [7, 11) is 1.78. The summed E-state index contributed by atoms with van der Waals surface area (Å²) < 4.78 is 1.66. The highest BCUT2D eigenvalue weighted by Gasteiger charge is 2.38. The van der Waals surface area contributed by atoms with E-state index in [1.54, 1.807) is 18.7 Å². The number of carboxylic acids is 1. The third-order valence-corrected chi connectivity index (χ3v) is 3.65. The van der Waals surface area contributed by atoms with Gasteiger partial charge in [0.05, 0.1) is 11.6 Å². The van der Waals surface area contributed by atoms with Gasteiger partial charge < -0.3 is 10.0 Å². The predicted octanol–water partition coefficient (Wildman–Crippen LogP) is 0.900. The van der Waals surface area contributed by atoms with Crippen molar-refractivity contribution in [1.29, 1.82) is 5.26 Å². The molecule has 1 N–H and O–H groups in total. The molecule has 1 aromatic rings. The molecule has 0 aromatic carbocycles. The lowest BCUT2D eigenvalue weighted by molar-refractivity contribution is -0.141. The molecule has 6 nitrogen and oxygen atoms in total. The number of aliphatic carboxylic acids is 1. The van der Waals surface area contributed by atoms with E-state index in [1.807, 2.05) is 11.8 Å². The summed E-state index contributed by atoms with van der Waals surface area (Å²) in [5.74, 6) is -0.430. The van der Waals surface area contributed by atoms with E-state index in [4.69, 9.17) is 5.11 Å². The first-order valence-electron chi connectivity index (χ1n) is 5.90. The van der Waals surface area contributed by atoms with Crippen LogP contribution in [0.1, 0.15) is 24.6 Å². The molecule has 1 aliphatic heterocycles. The van der Waals surface area contributed by atoms with Crippen molar-refractivity contribution in [2.24, 2.45) is 13.0 Å². The Bertz CT molecular complexity index is 529. The monoisotopic (exact) mass is 248 g/mol. The molecule has 0 saturated carbocycles. The van der Waals surface area contributed by atoms with E-state index in [0.717, 1.165) is 5.82 Å². The van der Waals surface area contributed by atoms with E-state index in [-0.39, 0.29) is 12.0 Å². The largest absolute Gasteiger partial charge is 0.481 e. The fraction of sp³-hybridized carbons (Fsp3) is 0.583. The fourth-order valence-electron chi connectivity index (χ4n) is 2.68. The third kappa shape index (κ3) is 1.72. The number of anilines is 1. The van der Waals surface area contributed by atoms with Crippen LogP contribution < -0.4 is 4.90 Å². The Hall–Kier alpha value is -2.03. The molecule has 0 radical (unpaired) electrons. The van der Waals surface area contributed by atoms with Crippen LogP contribution in [0, 0.1) is 24.2 Å².